The summed E-state index contributed by atoms with van der Waals surface area (Å²) in [5.41, 5.74) is 1.01. The lowest BCUT2D eigenvalue weighted by Crippen LogP contribution is -2.17. The molecule has 1 aromatic carbocycles. The Bertz CT molecular complexity index is 553. The van der Waals surface area contributed by atoms with Crippen LogP contribution in [-0.4, -0.2) is 27.0 Å². The third kappa shape index (κ3) is 2.84. The molecule has 2 unspecified atom stereocenters. The molecule has 1 aliphatic rings. The number of rotatable bonds is 4. The predicted molar refractivity (Wildman–Crippen MR) is 82.7 cm³/mol. The maximum Gasteiger partial charge on any atom is 0.137 e. The molecule has 2 aromatic rings. The van der Waals surface area contributed by atoms with Gasteiger partial charge >= 0.3 is 0 Å². The van der Waals surface area contributed by atoms with Gasteiger partial charge in [0.15, 0.2) is 0 Å². The van der Waals surface area contributed by atoms with Crippen LogP contribution in [0.15, 0.2) is 30.6 Å². The van der Waals surface area contributed by atoms with Crippen molar-refractivity contribution in [1.29, 1.82) is 0 Å². The SMILES string of the molecule is CCSC1CCC(Nc2ncnc3ccccc23)C1. The zero-order chi connectivity index (χ0) is 13.1. The molecule has 0 bridgehead atoms. The Morgan fingerprint density at radius 3 is 3.05 bits per heavy atom. The molecule has 1 fully saturated rings. The molecule has 1 N–H and O–H groups in total. The first-order chi connectivity index (χ1) is 9.36. The van der Waals surface area contributed by atoms with Crippen molar-refractivity contribution >= 4 is 28.5 Å². The van der Waals surface area contributed by atoms with Crippen LogP contribution in [0.3, 0.4) is 0 Å². The van der Waals surface area contributed by atoms with Crippen LogP contribution in [0.25, 0.3) is 10.9 Å². The van der Waals surface area contributed by atoms with Gasteiger partial charge < -0.3 is 5.32 Å². The number of para-hydroxylation sites is 1. The zero-order valence-corrected chi connectivity index (χ0v) is 12.0. The number of fused-ring (bicyclic) bond motifs is 1. The van der Waals surface area contributed by atoms with Gasteiger partial charge in [-0.15, -0.1) is 0 Å². The summed E-state index contributed by atoms with van der Waals surface area (Å²) in [6.07, 6.45) is 5.46. The van der Waals surface area contributed by atoms with E-state index >= 15 is 0 Å². The first kappa shape index (κ1) is 12.7. The van der Waals surface area contributed by atoms with E-state index in [9.17, 15) is 0 Å². The van der Waals surface area contributed by atoms with Gasteiger partial charge in [0.25, 0.3) is 0 Å². The van der Waals surface area contributed by atoms with Crippen LogP contribution < -0.4 is 5.32 Å². The van der Waals surface area contributed by atoms with Gasteiger partial charge in [-0.2, -0.15) is 11.8 Å². The first-order valence-corrected chi connectivity index (χ1v) is 7.99. The largest absolute Gasteiger partial charge is 0.367 e. The van der Waals surface area contributed by atoms with Crippen LogP contribution in [-0.2, 0) is 0 Å². The predicted octanol–water partition coefficient (Wildman–Crippen LogP) is 3.72. The molecule has 19 heavy (non-hydrogen) atoms. The average molecular weight is 273 g/mol. The maximum absolute atomic E-state index is 4.41. The third-order valence-electron chi connectivity index (χ3n) is 3.67. The van der Waals surface area contributed by atoms with Gasteiger partial charge in [-0.05, 0) is 37.1 Å². The highest BCUT2D eigenvalue weighted by molar-refractivity contribution is 7.99. The standard InChI is InChI=1S/C15H19N3S/c1-2-19-12-8-7-11(9-12)18-15-13-5-3-4-6-14(13)16-10-17-15/h3-6,10-12H,2,7-9H2,1H3,(H,16,17,18). The normalized spacial score (nSPS) is 22.8. The van der Waals surface area contributed by atoms with Gasteiger partial charge in [-0.3, -0.25) is 0 Å². The molecule has 1 heterocycles. The number of benzene rings is 1. The van der Waals surface area contributed by atoms with Crippen molar-refractivity contribution in [3.8, 4) is 0 Å². The number of nitrogens with one attached hydrogen (secondary N) is 1. The minimum absolute atomic E-state index is 0.558. The van der Waals surface area contributed by atoms with Gasteiger partial charge in [0.1, 0.15) is 12.1 Å². The zero-order valence-electron chi connectivity index (χ0n) is 11.2. The molecule has 2 atom stereocenters. The Morgan fingerprint density at radius 1 is 1.26 bits per heavy atom. The molecule has 3 nitrogen and oxygen atoms in total. The molecular formula is C15H19N3S. The molecule has 100 valence electrons. The highest BCUT2D eigenvalue weighted by atomic mass is 32.2. The molecule has 0 radical (unpaired) electrons. The van der Waals surface area contributed by atoms with Gasteiger partial charge in [-0.25, -0.2) is 9.97 Å². The fourth-order valence-electron chi connectivity index (χ4n) is 2.77. The summed E-state index contributed by atoms with van der Waals surface area (Å²) >= 11 is 2.08. The molecule has 4 heteroatoms. The Labute approximate surface area is 118 Å². The van der Waals surface area contributed by atoms with Crippen molar-refractivity contribution in [1.82, 2.24) is 9.97 Å². The summed E-state index contributed by atoms with van der Waals surface area (Å²) in [5.74, 6) is 2.20. The van der Waals surface area contributed by atoms with Crippen molar-refractivity contribution in [3.63, 3.8) is 0 Å². The highest BCUT2D eigenvalue weighted by Gasteiger charge is 2.24. The third-order valence-corrected chi connectivity index (χ3v) is 4.90. The quantitative estimate of drug-likeness (QED) is 0.921. The van der Waals surface area contributed by atoms with E-state index in [4.69, 9.17) is 0 Å². The minimum atomic E-state index is 0.558. The molecule has 1 aromatic heterocycles. The van der Waals surface area contributed by atoms with Gasteiger partial charge in [0.2, 0.25) is 0 Å². The smallest absolute Gasteiger partial charge is 0.137 e. The summed E-state index contributed by atoms with van der Waals surface area (Å²) in [5, 5.41) is 5.55. The Hall–Kier alpha value is -1.29. The van der Waals surface area contributed by atoms with Crippen LogP contribution >= 0.6 is 11.8 Å². The Kier molecular flexibility index (Phi) is 3.87. The van der Waals surface area contributed by atoms with Crippen molar-refractivity contribution < 1.29 is 0 Å². The van der Waals surface area contributed by atoms with Crippen LogP contribution in [0.4, 0.5) is 5.82 Å². The molecule has 0 amide bonds. The number of hydrogen-bond donors (Lipinski definition) is 1. The number of aromatic nitrogens is 2. The van der Waals surface area contributed by atoms with Crippen LogP contribution in [0.1, 0.15) is 26.2 Å². The van der Waals surface area contributed by atoms with Crippen LogP contribution in [0, 0.1) is 0 Å². The lowest BCUT2D eigenvalue weighted by molar-refractivity contribution is 0.753. The molecule has 1 aliphatic carbocycles. The number of nitrogens with zero attached hydrogens (tertiary/aromatic N) is 2. The Morgan fingerprint density at radius 2 is 2.16 bits per heavy atom. The monoisotopic (exact) mass is 273 g/mol. The average Bonchev–Trinajstić information content (AvgIpc) is 2.87. The van der Waals surface area contributed by atoms with Gasteiger partial charge in [-0.1, -0.05) is 19.1 Å². The van der Waals surface area contributed by atoms with E-state index in [1.807, 2.05) is 18.2 Å². The molecule has 0 saturated heterocycles. The van der Waals surface area contributed by atoms with E-state index in [0.29, 0.717) is 6.04 Å². The summed E-state index contributed by atoms with van der Waals surface area (Å²) in [6, 6.07) is 8.74. The van der Waals surface area contributed by atoms with E-state index in [-0.39, 0.29) is 0 Å². The molecule has 3 rings (SSSR count). The van der Waals surface area contributed by atoms with Crippen molar-refractivity contribution in [3.05, 3.63) is 30.6 Å². The lowest BCUT2D eigenvalue weighted by Gasteiger charge is -2.15. The van der Waals surface area contributed by atoms with Crippen LogP contribution in [0.2, 0.25) is 0 Å². The van der Waals surface area contributed by atoms with E-state index in [1.165, 1.54) is 25.0 Å². The first-order valence-electron chi connectivity index (χ1n) is 6.94. The van der Waals surface area contributed by atoms with Crippen molar-refractivity contribution in [2.75, 3.05) is 11.1 Å². The number of hydrogen-bond acceptors (Lipinski definition) is 4. The second-order valence-electron chi connectivity index (χ2n) is 4.97. The van der Waals surface area contributed by atoms with Crippen molar-refractivity contribution in [2.45, 2.75) is 37.5 Å². The summed E-state index contributed by atoms with van der Waals surface area (Å²) in [6.45, 7) is 2.24. The van der Waals surface area contributed by atoms with E-state index < -0.39 is 0 Å². The Balaban J connectivity index is 1.75. The summed E-state index contributed by atoms with van der Waals surface area (Å²) in [4.78, 5) is 8.72. The maximum atomic E-state index is 4.41. The van der Waals surface area contributed by atoms with E-state index in [1.54, 1.807) is 6.33 Å². The van der Waals surface area contributed by atoms with Gasteiger partial charge in [0.05, 0.1) is 5.52 Å². The fraction of sp³-hybridized carbons (Fsp3) is 0.467. The number of anilines is 1. The molecular weight excluding hydrogens is 254 g/mol. The van der Waals surface area contributed by atoms with Crippen LogP contribution in [0.5, 0.6) is 0 Å². The number of thioether (sulfide) groups is 1. The van der Waals surface area contributed by atoms with Crippen molar-refractivity contribution in [2.24, 2.45) is 0 Å². The highest BCUT2D eigenvalue weighted by Crippen LogP contribution is 2.32. The lowest BCUT2D eigenvalue weighted by atomic mass is 10.2. The topological polar surface area (TPSA) is 37.8 Å². The summed E-state index contributed by atoms with van der Waals surface area (Å²) in [7, 11) is 0. The molecule has 0 aliphatic heterocycles. The van der Waals surface area contributed by atoms with E-state index in [2.05, 4.69) is 40.0 Å². The molecule has 0 spiro atoms. The minimum Gasteiger partial charge on any atom is -0.367 e. The second kappa shape index (κ2) is 5.78. The van der Waals surface area contributed by atoms with Gasteiger partial charge in [0, 0.05) is 16.7 Å². The second-order valence-corrected chi connectivity index (χ2v) is 6.55. The summed E-state index contributed by atoms with van der Waals surface area (Å²) < 4.78 is 0. The van der Waals surface area contributed by atoms with E-state index in [0.717, 1.165) is 22.0 Å². The fourth-order valence-corrected chi connectivity index (χ4v) is 3.91. The molecule has 1 saturated carbocycles.